The van der Waals surface area contributed by atoms with Gasteiger partial charge in [-0.15, -0.1) is 0 Å². The van der Waals surface area contributed by atoms with Gasteiger partial charge < -0.3 is 8.86 Å². The lowest BCUT2D eigenvalue weighted by Crippen LogP contribution is -2.30. The molecule has 1 aromatic carbocycles. The Morgan fingerprint density at radius 1 is 0.886 bits per heavy atom. The molecule has 2 rings (SSSR count). The Morgan fingerprint density at radius 2 is 1.40 bits per heavy atom. The standard InChI is InChI=1S/C17H25N2O.C2F6NO4S2/c1-3-4-5-6-7-12-18-13-14-19(15-18)16-8-10-17(20-2)11-9-16;3-1(4,5)14(10,11)9-15(12,13)2(6,7)8/h8-11,13-15H,3-7,12H2,1-2H3;/q+1;-1. The molecule has 200 valence electrons. The summed E-state index contributed by atoms with van der Waals surface area (Å²) in [6.45, 7) is 3.36. The van der Waals surface area contributed by atoms with Crippen LogP contribution in [0.2, 0.25) is 0 Å². The lowest BCUT2D eigenvalue weighted by molar-refractivity contribution is -0.696. The highest BCUT2D eigenvalue weighted by molar-refractivity contribution is 8.13. The summed E-state index contributed by atoms with van der Waals surface area (Å²) in [5.41, 5.74) is -11.2. The van der Waals surface area contributed by atoms with E-state index in [1.54, 1.807) is 7.11 Å². The van der Waals surface area contributed by atoms with Crippen molar-refractivity contribution in [2.45, 2.75) is 56.6 Å². The van der Waals surface area contributed by atoms with Gasteiger partial charge >= 0.3 is 11.0 Å². The summed E-state index contributed by atoms with van der Waals surface area (Å²) in [6.07, 6.45) is 13.0. The molecular formula is C19H25F6N3O5S2. The Bertz CT molecular complexity index is 1090. The molecule has 0 bridgehead atoms. The second kappa shape index (κ2) is 12.6. The molecular weight excluding hydrogens is 528 g/mol. The van der Waals surface area contributed by atoms with E-state index in [9.17, 15) is 43.2 Å². The zero-order chi connectivity index (χ0) is 26.9. The molecule has 0 amide bonds. The highest BCUT2D eigenvalue weighted by Gasteiger charge is 2.46. The molecule has 1 aromatic heterocycles. The Balaban J connectivity index is 0.000000367. The molecule has 8 nitrogen and oxygen atoms in total. The molecule has 0 spiro atoms. The van der Waals surface area contributed by atoms with Crippen molar-refractivity contribution in [2.75, 3.05) is 7.11 Å². The highest BCUT2D eigenvalue weighted by atomic mass is 32.3. The summed E-state index contributed by atoms with van der Waals surface area (Å²) in [5, 5.41) is 0. The van der Waals surface area contributed by atoms with Crippen molar-refractivity contribution in [1.82, 2.24) is 4.57 Å². The van der Waals surface area contributed by atoms with E-state index in [1.165, 1.54) is 32.1 Å². The van der Waals surface area contributed by atoms with Crippen molar-refractivity contribution < 1.29 is 52.5 Å². The minimum atomic E-state index is -6.72. The number of unbranched alkanes of at least 4 members (excludes halogenated alkanes) is 4. The first-order valence-corrected chi connectivity index (χ1v) is 13.0. The average Bonchev–Trinajstić information content (AvgIpc) is 3.21. The third-order valence-electron chi connectivity index (χ3n) is 4.36. The van der Waals surface area contributed by atoms with Crippen LogP contribution in [-0.2, 0) is 26.6 Å². The zero-order valence-electron chi connectivity index (χ0n) is 18.8. The largest absolute Gasteiger partial charge is 0.497 e. The normalized spacial score (nSPS) is 12.7. The van der Waals surface area contributed by atoms with Gasteiger partial charge in [0.15, 0.2) is 20.0 Å². The molecule has 0 fully saturated rings. The lowest BCUT2D eigenvalue weighted by atomic mass is 10.1. The summed E-state index contributed by atoms with van der Waals surface area (Å²) in [5.74, 6) is 0.893. The number of benzene rings is 1. The average molecular weight is 554 g/mol. The van der Waals surface area contributed by atoms with Crippen LogP contribution < -0.4 is 9.30 Å². The van der Waals surface area contributed by atoms with Crippen LogP contribution in [0.5, 0.6) is 5.75 Å². The van der Waals surface area contributed by atoms with Crippen LogP contribution in [0.25, 0.3) is 9.81 Å². The first-order chi connectivity index (χ1) is 16.0. The van der Waals surface area contributed by atoms with Crippen molar-refractivity contribution in [3.05, 3.63) is 47.1 Å². The van der Waals surface area contributed by atoms with Crippen LogP contribution in [0.4, 0.5) is 26.3 Å². The molecule has 0 radical (unpaired) electrons. The molecule has 0 N–H and O–H groups in total. The zero-order valence-corrected chi connectivity index (χ0v) is 20.4. The highest BCUT2D eigenvalue weighted by Crippen LogP contribution is 2.36. The van der Waals surface area contributed by atoms with Gasteiger partial charge in [-0.1, -0.05) is 26.2 Å². The van der Waals surface area contributed by atoms with Gasteiger partial charge in [0.2, 0.25) is 6.33 Å². The second-order valence-corrected chi connectivity index (χ2v) is 10.5. The molecule has 0 aliphatic heterocycles. The topological polar surface area (TPSA) is 100 Å². The number of sulfonamides is 2. The predicted molar refractivity (Wildman–Crippen MR) is 115 cm³/mol. The molecule has 0 saturated carbocycles. The fourth-order valence-corrected chi connectivity index (χ4v) is 4.25. The molecule has 0 unspecified atom stereocenters. The predicted octanol–water partition coefficient (Wildman–Crippen LogP) is 4.80. The quantitative estimate of drug-likeness (QED) is 0.239. The van der Waals surface area contributed by atoms with E-state index in [-0.39, 0.29) is 0 Å². The number of nitrogens with zero attached hydrogens (tertiary/aromatic N) is 3. The third-order valence-corrected chi connectivity index (χ3v) is 7.10. The van der Waals surface area contributed by atoms with Gasteiger partial charge in [-0.2, -0.15) is 26.3 Å². The van der Waals surface area contributed by atoms with Gasteiger partial charge in [-0.25, -0.2) is 26.0 Å². The fourth-order valence-electron chi connectivity index (χ4n) is 2.55. The molecule has 0 aliphatic carbocycles. The van der Waals surface area contributed by atoms with Gasteiger partial charge in [0.25, 0.3) is 0 Å². The number of imidazole rings is 1. The van der Waals surface area contributed by atoms with E-state index in [0.717, 1.165) is 22.1 Å². The van der Waals surface area contributed by atoms with E-state index in [2.05, 4.69) is 46.9 Å². The number of aryl methyl sites for hydroxylation is 1. The van der Waals surface area contributed by atoms with Crippen LogP contribution in [0.3, 0.4) is 0 Å². The smallest absolute Gasteiger partial charge is 0.480 e. The van der Waals surface area contributed by atoms with Crippen LogP contribution in [0.1, 0.15) is 39.0 Å². The minimum Gasteiger partial charge on any atom is -0.497 e. The molecule has 35 heavy (non-hydrogen) atoms. The lowest BCUT2D eigenvalue weighted by Gasteiger charge is -2.22. The Labute approximate surface area is 199 Å². The van der Waals surface area contributed by atoms with Crippen molar-refractivity contribution in [1.29, 1.82) is 0 Å². The fraction of sp³-hybridized carbons (Fsp3) is 0.526. The minimum absolute atomic E-state index is 0.778. The molecule has 1 heterocycles. The molecule has 0 aliphatic rings. The summed E-state index contributed by atoms with van der Waals surface area (Å²) < 4.78 is 119. The van der Waals surface area contributed by atoms with Gasteiger partial charge in [-0.3, -0.25) is 0 Å². The first kappa shape index (κ1) is 30.7. The number of alkyl halides is 6. The number of aromatic nitrogens is 2. The van der Waals surface area contributed by atoms with E-state index in [4.69, 9.17) is 4.74 Å². The number of methoxy groups -OCH3 is 1. The Morgan fingerprint density at radius 3 is 1.86 bits per heavy atom. The molecule has 2 aromatic rings. The Hall–Kier alpha value is -2.33. The maximum Gasteiger partial charge on any atom is 0.480 e. The van der Waals surface area contributed by atoms with E-state index >= 15 is 0 Å². The van der Waals surface area contributed by atoms with Crippen LogP contribution in [0, 0.1) is 0 Å². The summed E-state index contributed by atoms with van der Waals surface area (Å²) in [4.78, 5) is 0. The Kier molecular flexibility index (Phi) is 11.0. The number of rotatable bonds is 10. The summed E-state index contributed by atoms with van der Waals surface area (Å²) in [6, 6.07) is 8.13. The second-order valence-electron chi connectivity index (χ2n) is 7.09. The number of halogens is 6. The number of hydrogen-bond donors (Lipinski definition) is 0. The summed E-state index contributed by atoms with van der Waals surface area (Å²) >= 11 is 0. The van der Waals surface area contributed by atoms with Gasteiger partial charge in [0, 0.05) is 0 Å². The van der Waals surface area contributed by atoms with Gasteiger partial charge in [0.05, 0.1) is 13.7 Å². The number of ether oxygens (including phenoxy) is 1. The maximum absolute atomic E-state index is 11.4. The maximum atomic E-state index is 11.4. The first-order valence-electron chi connectivity index (χ1n) is 10.1. The molecule has 0 saturated heterocycles. The van der Waals surface area contributed by atoms with Crippen molar-refractivity contribution in [3.63, 3.8) is 0 Å². The van der Waals surface area contributed by atoms with Crippen LogP contribution >= 0.6 is 0 Å². The van der Waals surface area contributed by atoms with E-state index in [0.29, 0.717) is 0 Å². The molecule has 16 heteroatoms. The SMILES string of the molecule is CCCCCCC[n+]1ccn(-c2ccc(OC)cc2)c1.O=S(=O)([N-]S(=O)(=O)C(F)(F)F)C(F)(F)F. The van der Waals surface area contributed by atoms with Crippen LogP contribution in [-0.4, -0.2) is 39.5 Å². The van der Waals surface area contributed by atoms with Gasteiger partial charge in [0.1, 0.15) is 23.8 Å². The monoisotopic (exact) mass is 553 g/mol. The van der Waals surface area contributed by atoms with Crippen molar-refractivity contribution in [3.8, 4) is 11.4 Å². The van der Waals surface area contributed by atoms with Crippen molar-refractivity contribution >= 4 is 20.0 Å². The third kappa shape index (κ3) is 9.68. The van der Waals surface area contributed by atoms with E-state index < -0.39 is 31.1 Å². The van der Waals surface area contributed by atoms with Gasteiger partial charge in [-0.05, 0) is 37.1 Å². The van der Waals surface area contributed by atoms with Crippen LogP contribution in [0.15, 0.2) is 43.0 Å². The summed E-state index contributed by atoms with van der Waals surface area (Å²) in [7, 11) is -11.8. The van der Waals surface area contributed by atoms with Crippen molar-refractivity contribution in [2.24, 2.45) is 0 Å². The number of hydrogen-bond acceptors (Lipinski definition) is 5. The molecule has 0 atom stereocenters. The van der Waals surface area contributed by atoms with E-state index in [1.807, 2.05) is 12.1 Å².